The lowest BCUT2D eigenvalue weighted by Crippen LogP contribution is -2.46. The van der Waals surface area contributed by atoms with Crippen molar-refractivity contribution < 1.29 is 4.79 Å². The van der Waals surface area contributed by atoms with Crippen LogP contribution in [0.3, 0.4) is 0 Å². The number of fused-ring (bicyclic) bond motifs is 1. The monoisotopic (exact) mass is 418 g/mol. The summed E-state index contributed by atoms with van der Waals surface area (Å²) in [6, 6.07) is 6.22. The van der Waals surface area contributed by atoms with Gasteiger partial charge in [0.25, 0.3) is 5.91 Å². The average Bonchev–Trinajstić information content (AvgIpc) is 3.53. The fourth-order valence-corrected chi connectivity index (χ4v) is 4.89. The zero-order chi connectivity index (χ0) is 19.1. The van der Waals surface area contributed by atoms with Crippen molar-refractivity contribution in [1.82, 2.24) is 19.4 Å². The number of carbonyl (C=O) groups excluding carboxylic acids is 1. The van der Waals surface area contributed by atoms with Crippen molar-refractivity contribution >= 4 is 29.3 Å². The maximum Gasteiger partial charge on any atom is 0.329 e. The van der Waals surface area contributed by atoms with Gasteiger partial charge in [-0.25, -0.2) is 4.79 Å². The number of rotatable bonds is 4. The van der Waals surface area contributed by atoms with Crippen molar-refractivity contribution in [2.75, 3.05) is 26.2 Å². The number of piperazine rings is 1. The second kappa shape index (κ2) is 8.52. The minimum atomic E-state index is 0. The van der Waals surface area contributed by atoms with E-state index in [4.69, 9.17) is 0 Å². The van der Waals surface area contributed by atoms with Gasteiger partial charge in [-0.1, -0.05) is 19.3 Å². The van der Waals surface area contributed by atoms with Gasteiger partial charge >= 0.3 is 5.69 Å². The molecule has 0 bridgehead atoms. The van der Waals surface area contributed by atoms with E-state index in [1.54, 1.807) is 0 Å². The normalized spacial score (nSPS) is 20.6. The second-order valence-corrected chi connectivity index (χ2v) is 8.74. The molecule has 2 aliphatic carbocycles. The number of hydrogen-bond acceptors (Lipinski definition) is 3. The molecule has 0 spiro atoms. The van der Waals surface area contributed by atoms with Crippen LogP contribution in [0.4, 0.5) is 0 Å². The smallest absolute Gasteiger partial charge is 0.329 e. The topological polar surface area (TPSA) is 59.3 Å². The largest absolute Gasteiger partial charge is 0.336 e. The van der Waals surface area contributed by atoms with E-state index in [9.17, 15) is 9.59 Å². The number of benzene rings is 1. The number of nitrogens with zero attached hydrogens (tertiary/aromatic N) is 3. The molecule has 3 aliphatic rings. The third kappa shape index (κ3) is 3.97. The number of hydrogen-bond donors (Lipinski definition) is 1. The Balaban J connectivity index is 0.00000205. The van der Waals surface area contributed by atoms with Gasteiger partial charge in [0.1, 0.15) is 0 Å². The Bertz CT molecular complexity index is 934. The molecule has 1 amide bonds. The molecule has 158 valence electrons. The summed E-state index contributed by atoms with van der Waals surface area (Å²) in [6.07, 6.45) is 8.27. The van der Waals surface area contributed by atoms with Gasteiger partial charge in [0.05, 0.1) is 11.0 Å². The third-order valence-corrected chi connectivity index (χ3v) is 6.69. The minimum absolute atomic E-state index is 0. The predicted octanol–water partition coefficient (Wildman–Crippen LogP) is 3.19. The molecule has 6 nitrogen and oxygen atoms in total. The fourth-order valence-electron chi connectivity index (χ4n) is 4.89. The lowest BCUT2D eigenvalue weighted by atomic mass is 9.95. The number of halogens is 1. The van der Waals surface area contributed by atoms with Crippen LogP contribution in [0.5, 0.6) is 0 Å². The quantitative estimate of drug-likeness (QED) is 0.829. The standard InChI is InChI=1S/C22H30N4O2.ClH/c27-21(24-12-10-23-11-13-24)17-8-9-19-20(14-17)25(15-16-6-7-16)22(28)26(19)18-4-2-1-3-5-18;/h8-9,14,16,18,23H,1-7,10-13,15H2;1H. The van der Waals surface area contributed by atoms with Crippen molar-refractivity contribution in [1.29, 1.82) is 0 Å². The maximum atomic E-state index is 13.4. The number of amides is 1. The summed E-state index contributed by atoms with van der Waals surface area (Å²) in [6.45, 7) is 3.97. The highest BCUT2D eigenvalue weighted by atomic mass is 35.5. The lowest BCUT2D eigenvalue weighted by Gasteiger charge is -2.27. The highest BCUT2D eigenvalue weighted by Crippen LogP contribution is 2.34. The molecule has 2 aromatic rings. The van der Waals surface area contributed by atoms with E-state index in [0.29, 0.717) is 17.5 Å². The molecule has 1 aliphatic heterocycles. The highest BCUT2D eigenvalue weighted by Gasteiger charge is 2.28. The van der Waals surface area contributed by atoms with Crippen LogP contribution in [0.2, 0.25) is 0 Å². The summed E-state index contributed by atoms with van der Waals surface area (Å²) < 4.78 is 3.99. The lowest BCUT2D eigenvalue weighted by molar-refractivity contribution is 0.0736. The Hall–Kier alpha value is -1.79. The summed E-state index contributed by atoms with van der Waals surface area (Å²) >= 11 is 0. The van der Waals surface area contributed by atoms with Gasteiger partial charge in [-0.3, -0.25) is 13.9 Å². The molecule has 5 rings (SSSR count). The van der Waals surface area contributed by atoms with Gasteiger partial charge in [0.15, 0.2) is 0 Å². The van der Waals surface area contributed by atoms with Gasteiger partial charge in [0.2, 0.25) is 0 Å². The fraction of sp³-hybridized carbons (Fsp3) is 0.636. The summed E-state index contributed by atoms with van der Waals surface area (Å²) in [5.74, 6) is 0.704. The highest BCUT2D eigenvalue weighted by molar-refractivity contribution is 5.97. The molecule has 1 N–H and O–H groups in total. The first-order valence-electron chi connectivity index (χ1n) is 11.0. The molecule has 0 atom stereocenters. The van der Waals surface area contributed by atoms with Crippen LogP contribution in [0.25, 0.3) is 11.0 Å². The molecule has 3 fully saturated rings. The van der Waals surface area contributed by atoms with E-state index in [1.165, 1.54) is 32.1 Å². The molecule has 1 aromatic heterocycles. The minimum Gasteiger partial charge on any atom is -0.336 e. The number of carbonyl (C=O) groups is 1. The first-order chi connectivity index (χ1) is 13.7. The zero-order valence-electron chi connectivity index (χ0n) is 16.9. The number of imidazole rings is 1. The predicted molar refractivity (Wildman–Crippen MR) is 117 cm³/mol. The molecule has 0 unspecified atom stereocenters. The van der Waals surface area contributed by atoms with Crippen LogP contribution in [0.1, 0.15) is 61.3 Å². The van der Waals surface area contributed by atoms with Crippen molar-refractivity contribution in [2.24, 2.45) is 5.92 Å². The SMILES string of the molecule is Cl.O=C(c1ccc2c(c1)n(CC1CC1)c(=O)n2C1CCCCC1)N1CCNCC1. The number of aromatic nitrogens is 2. The molecular formula is C22H31ClN4O2. The summed E-state index contributed by atoms with van der Waals surface area (Å²) in [4.78, 5) is 28.3. The van der Waals surface area contributed by atoms with Crippen LogP contribution in [-0.2, 0) is 6.54 Å². The van der Waals surface area contributed by atoms with E-state index >= 15 is 0 Å². The summed E-state index contributed by atoms with van der Waals surface area (Å²) in [5, 5.41) is 3.29. The van der Waals surface area contributed by atoms with Crippen molar-refractivity contribution in [3.8, 4) is 0 Å². The first kappa shape index (κ1) is 20.5. The van der Waals surface area contributed by atoms with E-state index in [2.05, 4.69) is 5.32 Å². The van der Waals surface area contributed by atoms with Crippen molar-refractivity contribution in [2.45, 2.75) is 57.5 Å². The molecule has 2 heterocycles. The molecule has 2 saturated carbocycles. The molecule has 29 heavy (non-hydrogen) atoms. The van der Waals surface area contributed by atoms with Crippen LogP contribution in [0, 0.1) is 5.92 Å². The Morgan fingerprint density at radius 2 is 1.72 bits per heavy atom. The Kier molecular flexibility index (Phi) is 6.02. The molecular weight excluding hydrogens is 388 g/mol. The Morgan fingerprint density at radius 1 is 1.00 bits per heavy atom. The summed E-state index contributed by atoms with van der Waals surface area (Å²) in [5.41, 5.74) is 2.79. The third-order valence-electron chi connectivity index (χ3n) is 6.69. The molecule has 7 heteroatoms. The Labute approximate surface area is 177 Å². The van der Waals surface area contributed by atoms with Crippen LogP contribution < -0.4 is 11.0 Å². The summed E-state index contributed by atoms with van der Waals surface area (Å²) in [7, 11) is 0. The van der Waals surface area contributed by atoms with Gasteiger partial charge in [-0.15, -0.1) is 12.4 Å². The van der Waals surface area contributed by atoms with Gasteiger partial charge in [-0.2, -0.15) is 0 Å². The van der Waals surface area contributed by atoms with E-state index in [-0.39, 0.29) is 24.0 Å². The van der Waals surface area contributed by atoms with Crippen molar-refractivity contribution in [3.63, 3.8) is 0 Å². The van der Waals surface area contributed by atoms with Crippen LogP contribution in [-0.4, -0.2) is 46.1 Å². The average molecular weight is 419 g/mol. The second-order valence-electron chi connectivity index (χ2n) is 8.74. The number of nitrogens with one attached hydrogen (secondary N) is 1. The van der Waals surface area contributed by atoms with Crippen LogP contribution >= 0.6 is 12.4 Å². The molecule has 1 saturated heterocycles. The van der Waals surface area contributed by atoms with E-state index in [1.807, 2.05) is 32.2 Å². The van der Waals surface area contributed by atoms with E-state index in [0.717, 1.165) is 56.6 Å². The Morgan fingerprint density at radius 3 is 2.41 bits per heavy atom. The first-order valence-corrected chi connectivity index (χ1v) is 11.0. The van der Waals surface area contributed by atoms with Gasteiger partial charge in [-0.05, 0) is 49.8 Å². The van der Waals surface area contributed by atoms with Crippen molar-refractivity contribution in [3.05, 3.63) is 34.2 Å². The van der Waals surface area contributed by atoms with Gasteiger partial charge < -0.3 is 10.2 Å². The zero-order valence-corrected chi connectivity index (χ0v) is 17.8. The molecule has 1 aromatic carbocycles. The maximum absolute atomic E-state index is 13.4. The van der Waals surface area contributed by atoms with Gasteiger partial charge in [0, 0.05) is 44.3 Å². The molecule has 0 radical (unpaired) electrons. The van der Waals surface area contributed by atoms with Crippen LogP contribution in [0.15, 0.2) is 23.0 Å². The van der Waals surface area contributed by atoms with E-state index < -0.39 is 0 Å².